The molecule has 2 rings (SSSR count). The molecule has 0 spiro atoms. The molecule has 1 aromatic rings. The SMILES string of the molecule is Cc1cc(F)ccc1NC(=O)N1CCC(CO)CC1. The summed E-state index contributed by atoms with van der Waals surface area (Å²) >= 11 is 0. The fourth-order valence-electron chi connectivity index (χ4n) is 2.28. The van der Waals surface area contributed by atoms with Crippen molar-refractivity contribution in [2.45, 2.75) is 19.8 Å². The summed E-state index contributed by atoms with van der Waals surface area (Å²) in [6.45, 7) is 3.25. The van der Waals surface area contributed by atoms with Gasteiger partial charge in [-0.3, -0.25) is 0 Å². The van der Waals surface area contributed by atoms with Gasteiger partial charge in [0.2, 0.25) is 0 Å². The average molecular weight is 266 g/mol. The highest BCUT2D eigenvalue weighted by atomic mass is 19.1. The first-order valence-electron chi connectivity index (χ1n) is 6.53. The van der Waals surface area contributed by atoms with E-state index in [1.54, 1.807) is 17.9 Å². The van der Waals surface area contributed by atoms with Gasteiger partial charge < -0.3 is 15.3 Å². The minimum Gasteiger partial charge on any atom is -0.396 e. The smallest absolute Gasteiger partial charge is 0.321 e. The number of hydrogen-bond donors (Lipinski definition) is 2. The summed E-state index contributed by atoms with van der Waals surface area (Å²) in [7, 11) is 0. The van der Waals surface area contributed by atoms with Gasteiger partial charge in [-0.25, -0.2) is 9.18 Å². The fraction of sp³-hybridized carbons (Fsp3) is 0.500. The Morgan fingerprint density at radius 1 is 1.47 bits per heavy atom. The first kappa shape index (κ1) is 13.8. The Kier molecular flexibility index (Phi) is 4.37. The van der Waals surface area contributed by atoms with Crippen LogP contribution in [0.3, 0.4) is 0 Å². The monoisotopic (exact) mass is 266 g/mol. The van der Waals surface area contributed by atoms with Crippen LogP contribution in [0.1, 0.15) is 18.4 Å². The number of benzene rings is 1. The molecule has 1 heterocycles. The predicted octanol–water partition coefficient (Wildman–Crippen LogP) is 2.37. The van der Waals surface area contributed by atoms with Crippen LogP contribution in [0, 0.1) is 18.7 Å². The van der Waals surface area contributed by atoms with Crippen molar-refractivity contribution in [3.8, 4) is 0 Å². The van der Waals surface area contributed by atoms with E-state index in [1.807, 2.05) is 0 Å². The Hall–Kier alpha value is -1.62. The Bertz CT molecular complexity index is 457. The fourth-order valence-corrected chi connectivity index (χ4v) is 2.28. The molecule has 104 valence electrons. The minimum absolute atomic E-state index is 0.161. The first-order valence-corrected chi connectivity index (χ1v) is 6.53. The second-order valence-corrected chi connectivity index (χ2v) is 5.00. The van der Waals surface area contributed by atoms with E-state index in [9.17, 15) is 9.18 Å². The Morgan fingerprint density at radius 3 is 2.74 bits per heavy atom. The molecule has 4 nitrogen and oxygen atoms in total. The second-order valence-electron chi connectivity index (χ2n) is 5.00. The van der Waals surface area contributed by atoms with Gasteiger partial charge in [-0.05, 0) is 49.4 Å². The zero-order chi connectivity index (χ0) is 13.8. The number of nitrogens with one attached hydrogen (secondary N) is 1. The van der Waals surface area contributed by atoms with Crippen molar-refractivity contribution in [2.75, 3.05) is 25.0 Å². The molecule has 5 heteroatoms. The van der Waals surface area contributed by atoms with E-state index in [0.717, 1.165) is 12.8 Å². The number of aliphatic hydroxyl groups excluding tert-OH is 1. The Labute approximate surface area is 112 Å². The number of nitrogens with zero attached hydrogens (tertiary/aromatic N) is 1. The molecular formula is C14H19FN2O2. The molecule has 0 unspecified atom stereocenters. The minimum atomic E-state index is -0.306. The molecule has 0 saturated carbocycles. The molecule has 2 N–H and O–H groups in total. The molecule has 19 heavy (non-hydrogen) atoms. The van der Waals surface area contributed by atoms with Crippen LogP contribution in [0.4, 0.5) is 14.9 Å². The number of aryl methyl sites for hydroxylation is 1. The number of piperidine rings is 1. The summed E-state index contributed by atoms with van der Waals surface area (Å²) in [5, 5.41) is 11.9. The standard InChI is InChI=1S/C14H19FN2O2/c1-10-8-12(15)2-3-13(10)16-14(19)17-6-4-11(9-18)5-7-17/h2-3,8,11,18H,4-7,9H2,1H3,(H,16,19). The van der Waals surface area contributed by atoms with Crippen LogP contribution >= 0.6 is 0 Å². The van der Waals surface area contributed by atoms with Crippen molar-refractivity contribution >= 4 is 11.7 Å². The number of hydrogen-bond acceptors (Lipinski definition) is 2. The van der Waals surface area contributed by atoms with Gasteiger partial charge in [0.05, 0.1) is 0 Å². The quantitative estimate of drug-likeness (QED) is 0.863. The van der Waals surface area contributed by atoms with Crippen molar-refractivity contribution in [3.63, 3.8) is 0 Å². The van der Waals surface area contributed by atoms with Crippen molar-refractivity contribution in [1.29, 1.82) is 0 Å². The van der Waals surface area contributed by atoms with Crippen LogP contribution in [0.15, 0.2) is 18.2 Å². The number of carbonyl (C=O) groups is 1. The van der Waals surface area contributed by atoms with Gasteiger partial charge in [0.15, 0.2) is 0 Å². The summed E-state index contributed by atoms with van der Waals surface area (Å²) < 4.78 is 13.0. The highest BCUT2D eigenvalue weighted by Gasteiger charge is 2.22. The van der Waals surface area contributed by atoms with Crippen LogP contribution in [0.2, 0.25) is 0 Å². The lowest BCUT2D eigenvalue weighted by Gasteiger charge is -2.31. The van der Waals surface area contributed by atoms with Crippen LogP contribution in [-0.4, -0.2) is 35.7 Å². The lowest BCUT2D eigenvalue weighted by molar-refractivity contribution is 0.143. The van der Waals surface area contributed by atoms with Crippen LogP contribution in [0.25, 0.3) is 0 Å². The molecular weight excluding hydrogens is 247 g/mol. The maximum atomic E-state index is 13.0. The van der Waals surface area contributed by atoms with E-state index in [1.165, 1.54) is 12.1 Å². The highest BCUT2D eigenvalue weighted by molar-refractivity contribution is 5.90. The van der Waals surface area contributed by atoms with Crippen LogP contribution < -0.4 is 5.32 Å². The molecule has 0 aromatic heterocycles. The van der Waals surface area contributed by atoms with Gasteiger partial charge in [0.1, 0.15) is 5.82 Å². The van der Waals surface area contributed by atoms with E-state index in [0.29, 0.717) is 30.3 Å². The van der Waals surface area contributed by atoms with E-state index in [4.69, 9.17) is 5.11 Å². The van der Waals surface area contributed by atoms with Gasteiger partial charge >= 0.3 is 6.03 Å². The number of carbonyl (C=O) groups excluding carboxylic acids is 1. The normalized spacial score (nSPS) is 16.5. The third-order valence-electron chi connectivity index (χ3n) is 3.59. The number of rotatable bonds is 2. The molecule has 1 aliphatic rings. The van der Waals surface area contributed by atoms with Gasteiger partial charge in [-0.2, -0.15) is 0 Å². The van der Waals surface area contributed by atoms with E-state index < -0.39 is 0 Å². The van der Waals surface area contributed by atoms with Crippen LogP contribution in [0.5, 0.6) is 0 Å². The van der Waals surface area contributed by atoms with Gasteiger partial charge in [0.25, 0.3) is 0 Å². The number of urea groups is 1. The molecule has 2 amide bonds. The van der Waals surface area contributed by atoms with Crippen molar-refractivity contribution in [2.24, 2.45) is 5.92 Å². The van der Waals surface area contributed by atoms with E-state index in [-0.39, 0.29) is 18.5 Å². The maximum Gasteiger partial charge on any atom is 0.321 e. The molecule has 0 bridgehead atoms. The first-order chi connectivity index (χ1) is 9.10. The second kappa shape index (κ2) is 6.02. The zero-order valence-corrected chi connectivity index (χ0v) is 11.0. The number of anilines is 1. The number of halogens is 1. The summed E-state index contributed by atoms with van der Waals surface area (Å²) in [4.78, 5) is 13.8. The highest BCUT2D eigenvalue weighted by Crippen LogP contribution is 2.19. The van der Waals surface area contributed by atoms with Gasteiger partial charge in [-0.15, -0.1) is 0 Å². The predicted molar refractivity (Wildman–Crippen MR) is 71.5 cm³/mol. The molecule has 1 fully saturated rings. The third kappa shape index (κ3) is 3.44. The lowest BCUT2D eigenvalue weighted by atomic mass is 9.98. The maximum absolute atomic E-state index is 13.0. The number of likely N-dealkylation sites (tertiary alicyclic amines) is 1. The summed E-state index contributed by atoms with van der Waals surface area (Å²) in [6.07, 6.45) is 1.65. The van der Waals surface area contributed by atoms with Crippen LogP contribution in [-0.2, 0) is 0 Å². The molecule has 0 radical (unpaired) electrons. The number of aliphatic hydroxyl groups is 1. The Morgan fingerprint density at radius 2 is 2.16 bits per heavy atom. The lowest BCUT2D eigenvalue weighted by Crippen LogP contribution is -2.41. The van der Waals surface area contributed by atoms with E-state index >= 15 is 0 Å². The molecule has 0 aliphatic carbocycles. The number of amides is 2. The van der Waals surface area contributed by atoms with Gasteiger partial charge in [-0.1, -0.05) is 0 Å². The summed E-state index contributed by atoms with van der Waals surface area (Å²) in [6, 6.07) is 4.14. The largest absolute Gasteiger partial charge is 0.396 e. The zero-order valence-electron chi connectivity index (χ0n) is 11.0. The third-order valence-corrected chi connectivity index (χ3v) is 3.59. The summed E-state index contributed by atoms with van der Waals surface area (Å²) in [5.41, 5.74) is 1.34. The molecule has 1 aliphatic heterocycles. The topological polar surface area (TPSA) is 52.6 Å². The van der Waals surface area contributed by atoms with Gasteiger partial charge in [0, 0.05) is 25.4 Å². The van der Waals surface area contributed by atoms with Crippen molar-refractivity contribution < 1.29 is 14.3 Å². The summed E-state index contributed by atoms with van der Waals surface area (Å²) in [5.74, 6) is -0.00383. The van der Waals surface area contributed by atoms with Crippen molar-refractivity contribution in [3.05, 3.63) is 29.6 Å². The molecule has 1 saturated heterocycles. The van der Waals surface area contributed by atoms with E-state index in [2.05, 4.69) is 5.32 Å². The molecule has 0 atom stereocenters. The Balaban J connectivity index is 1.94. The molecule has 1 aromatic carbocycles. The van der Waals surface area contributed by atoms with Crippen molar-refractivity contribution in [1.82, 2.24) is 4.90 Å². The average Bonchev–Trinajstić information content (AvgIpc) is 2.42.